The molecule has 2 aromatic carbocycles. The molecule has 194 valence electrons. The second kappa shape index (κ2) is 9.19. The fourth-order valence-electron chi connectivity index (χ4n) is 7.21. The number of likely N-dealkylation sites (N-methyl/N-ethyl adjacent to an activating group) is 1. The molecule has 1 saturated heterocycles. The molecule has 6 nitrogen and oxygen atoms in total. The Hall–Kier alpha value is -3.80. The van der Waals surface area contributed by atoms with Crippen molar-refractivity contribution in [2.24, 2.45) is 5.92 Å². The van der Waals surface area contributed by atoms with Crippen molar-refractivity contribution in [1.82, 2.24) is 9.88 Å². The van der Waals surface area contributed by atoms with Gasteiger partial charge in [-0.2, -0.15) is 0 Å². The van der Waals surface area contributed by atoms with Gasteiger partial charge in [-0.3, -0.25) is 14.4 Å². The molecule has 1 aromatic heterocycles. The number of rotatable bonds is 5. The lowest BCUT2D eigenvalue weighted by Gasteiger charge is -2.42. The first kappa shape index (κ1) is 24.5. The monoisotopic (exact) mass is 507 g/mol. The topological polar surface area (TPSA) is 79.4 Å². The number of ketones is 1. The van der Waals surface area contributed by atoms with Gasteiger partial charge < -0.3 is 10.2 Å². The maximum atomic E-state index is 13.6. The Balaban J connectivity index is 1.26. The molecule has 6 heteroatoms. The van der Waals surface area contributed by atoms with Crippen LogP contribution < -0.4 is 5.32 Å². The Morgan fingerprint density at radius 1 is 1.08 bits per heavy atom. The molecule has 3 aromatic rings. The summed E-state index contributed by atoms with van der Waals surface area (Å²) in [4.78, 5) is 46.5. The van der Waals surface area contributed by atoms with E-state index in [1.165, 1.54) is 5.56 Å². The number of fused-ring (bicyclic) bond motifs is 3. The number of anilines is 1. The van der Waals surface area contributed by atoms with Gasteiger partial charge in [0.15, 0.2) is 5.78 Å². The van der Waals surface area contributed by atoms with E-state index in [0.717, 1.165) is 16.7 Å². The molecule has 5 atom stereocenters. The second-order valence-corrected chi connectivity index (χ2v) is 11.1. The number of likely N-dealkylation sites (tertiary alicyclic amines) is 1. The first-order chi connectivity index (χ1) is 18.3. The first-order valence-electron chi connectivity index (χ1n) is 13.6. The van der Waals surface area contributed by atoms with Crippen LogP contribution in [0, 0.1) is 5.92 Å². The van der Waals surface area contributed by atoms with Crippen molar-refractivity contribution in [2.75, 3.05) is 11.9 Å². The van der Waals surface area contributed by atoms with Crippen molar-refractivity contribution in [3.05, 3.63) is 94.7 Å². The van der Waals surface area contributed by atoms with Gasteiger partial charge in [0, 0.05) is 54.1 Å². The van der Waals surface area contributed by atoms with E-state index >= 15 is 0 Å². The zero-order valence-corrected chi connectivity index (χ0v) is 22.1. The summed E-state index contributed by atoms with van der Waals surface area (Å²) in [6.07, 6.45) is 3.09. The van der Waals surface area contributed by atoms with E-state index in [2.05, 4.69) is 36.3 Å². The maximum Gasteiger partial charge on any atom is 0.237 e. The van der Waals surface area contributed by atoms with Gasteiger partial charge in [0.1, 0.15) is 5.82 Å². The van der Waals surface area contributed by atoms with Crippen LogP contribution in [-0.4, -0.2) is 40.1 Å². The Morgan fingerprint density at radius 3 is 2.63 bits per heavy atom. The van der Waals surface area contributed by atoms with E-state index in [9.17, 15) is 14.4 Å². The minimum atomic E-state index is -0.701. The lowest BCUT2D eigenvalue weighted by Crippen LogP contribution is -2.50. The molecule has 1 spiro atoms. The molecule has 0 unspecified atom stereocenters. The van der Waals surface area contributed by atoms with Gasteiger partial charge in [-0.15, -0.1) is 0 Å². The Bertz CT molecular complexity index is 1430. The van der Waals surface area contributed by atoms with Crippen LogP contribution in [0.5, 0.6) is 0 Å². The van der Waals surface area contributed by atoms with Gasteiger partial charge in [-0.25, -0.2) is 4.98 Å². The summed E-state index contributed by atoms with van der Waals surface area (Å²) in [6, 6.07) is 20.1. The quantitative estimate of drug-likeness (QED) is 0.479. The number of Topliss-reactive ketones (excluding diaryl/α,β-unsaturated/α-hetero) is 1. The molecule has 38 heavy (non-hydrogen) atoms. The van der Waals surface area contributed by atoms with Crippen molar-refractivity contribution in [3.8, 4) is 0 Å². The summed E-state index contributed by atoms with van der Waals surface area (Å²) >= 11 is 0. The van der Waals surface area contributed by atoms with Gasteiger partial charge in [-0.1, -0.05) is 55.5 Å². The molecule has 2 aliphatic heterocycles. The molecule has 0 saturated carbocycles. The van der Waals surface area contributed by atoms with Crippen LogP contribution in [0.15, 0.2) is 66.9 Å². The van der Waals surface area contributed by atoms with E-state index < -0.39 is 5.41 Å². The lowest BCUT2D eigenvalue weighted by atomic mass is 9.73. The number of amides is 2. The largest absolute Gasteiger partial charge is 0.339 e. The number of hydrogen-bond donors (Lipinski definition) is 1. The highest BCUT2D eigenvalue weighted by Gasteiger charge is 2.55. The Kier molecular flexibility index (Phi) is 5.93. The van der Waals surface area contributed by atoms with Crippen LogP contribution >= 0.6 is 0 Å². The average Bonchev–Trinajstić information content (AvgIpc) is 3.39. The zero-order chi connectivity index (χ0) is 26.6. The summed E-state index contributed by atoms with van der Waals surface area (Å²) in [6.45, 7) is 6.83. The molecular weight excluding hydrogens is 474 g/mol. The van der Waals surface area contributed by atoms with Crippen LogP contribution in [0.4, 0.5) is 5.82 Å². The third kappa shape index (κ3) is 3.61. The fourth-order valence-corrected chi connectivity index (χ4v) is 7.21. The molecule has 1 N–H and O–H groups in total. The van der Waals surface area contributed by atoms with E-state index in [-0.39, 0.29) is 47.8 Å². The molecular formula is C32H33N3O3. The maximum absolute atomic E-state index is 13.6. The molecule has 6 rings (SSSR count). The van der Waals surface area contributed by atoms with E-state index in [1.54, 1.807) is 6.20 Å². The number of carbonyl (C=O) groups is 3. The number of nitrogens with zero attached hydrogens (tertiary/aromatic N) is 2. The summed E-state index contributed by atoms with van der Waals surface area (Å²) in [7, 11) is 0. The van der Waals surface area contributed by atoms with E-state index in [1.807, 2.05) is 60.4 Å². The van der Waals surface area contributed by atoms with Crippen molar-refractivity contribution >= 4 is 23.4 Å². The highest BCUT2D eigenvalue weighted by molar-refractivity contribution is 6.07. The van der Waals surface area contributed by atoms with Crippen molar-refractivity contribution < 1.29 is 14.4 Å². The number of hydrogen-bond acceptors (Lipinski definition) is 4. The SMILES string of the molecule is CCN1C(=O)[C@@H](CC(=O)c2ccc3c(c2)C[C@@]2(C(=O)Nc4ncccc42)[C@@H]3C)C[C@@H](c2ccccc2)[C@H]1C. The van der Waals surface area contributed by atoms with Crippen molar-refractivity contribution in [3.63, 3.8) is 0 Å². The van der Waals surface area contributed by atoms with E-state index in [0.29, 0.717) is 30.8 Å². The van der Waals surface area contributed by atoms with E-state index in [4.69, 9.17) is 0 Å². The Labute approximate surface area is 223 Å². The van der Waals surface area contributed by atoms with Crippen LogP contribution in [-0.2, 0) is 21.4 Å². The molecule has 3 heterocycles. The van der Waals surface area contributed by atoms with Gasteiger partial charge in [-0.05, 0) is 55.5 Å². The average molecular weight is 508 g/mol. The number of nitrogens with one attached hydrogen (secondary N) is 1. The predicted molar refractivity (Wildman–Crippen MR) is 146 cm³/mol. The standard InChI is InChI=1S/C32H33N3O3/c1-4-35-20(3)26(21-9-6-5-7-10-21)16-23(30(35)37)17-28(36)22-12-13-25-19(2)32(18-24(25)15-22)27-11-8-14-33-29(27)34-31(32)38/h5-15,19-20,23,26H,4,16-18H2,1-3H3,(H,33,34,38)/t19-,20-,23-,26-,32-/m1/s1. The predicted octanol–water partition coefficient (Wildman–Crippen LogP) is 5.24. The minimum Gasteiger partial charge on any atom is -0.339 e. The van der Waals surface area contributed by atoms with Crippen LogP contribution in [0.2, 0.25) is 0 Å². The highest BCUT2D eigenvalue weighted by Crippen LogP contribution is 2.54. The number of aromatic nitrogens is 1. The Morgan fingerprint density at radius 2 is 1.87 bits per heavy atom. The molecule has 1 aliphatic carbocycles. The van der Waals surface area contributed by atoms with Crippen molar-refractivity contribution in [1.29, 1.82) is 0 Å². The third-order valence-electron chi connectivity index (χ3n) is 9.31. The smallest absolute Gasteiger partial charge is 0.237 e. The molecule has 2 amide bonds. The number of pyridine rings is 1. The second-order valence-electron chi connectivity index (χ2n) is 11.1. The van der Waals surface area contributed by atoms with Crippen molar-refractivity contribution in [2.45, 2.75) is 63.3 Å². The minimum absolute atomic E-state index is 0.0184. The van der Waals surface area contributed by atoms with Crippen LogP contribution in [0.1, 0.15) is 78.1 Å². The molecule has 3 aliphatic rings. The summed E-state index contributed by atoms with van der Waals surface area (Å²) < 4.78 is 0. The zero-order valence-electron chi connectivity index (χ0n) is 22.1. The normalized spacial score (nSPS) is 27.8. The fraction of sp³-hybridized carbons (Fsp3) is 0.375. The molecule has 0 bridgehead atoms. The lowest BCUT2D eigenvalue weighted by molar-refractivity contribution is -0.142. The van der Waals surface area contributed by atoms with Crippen LogP contribution in [0.3, 0.4) is 0 Å². The number of benzene rings is 2. The highest BCUT2D eigenvalue weighted by atomic mass is 16.2. The first-order valence-corrected chi connectivity index (χ1v) is 13.6. The van der Waals surface area contributed by atoms with Gasteiger partial charge in [0.05, 0.1) is 5.41 Å². The summed E-state index contributed by atoms with van der Waals surface area (Å²) in [5.41, 5.74) is 4.17. The third-order valence-corrected chi connectivity index (χ3v) is 9.31. The van der Waals surface area contributed by atoms with Gasteiger partial charge >= 0.3 is 0 Å². The summed E-state index contributed by atoms with van der Waals surface area (Å²) in [5.74, 6) is 0.473. The van der Waals surface area contributed by atoms with Gasteiger partial charge in [0.25, 0.3) is 0 Å². The van der Waals surface area contributed by atoms with Crippen LogP contribution in [0.25, 0.3) is 0 Å². The van der Waals surface area contributed by atoms with Gasteiger partial charge in [0.2, 0.25) is 11.8 Å². The molecule has 0 radical (unpaired) electrons. The number of piperidine rings is 1. The number of carbonyl (C=O) groups excluding carboxylic acids is 3. The molecule has 1 fully saturated rings. The summed E-state index contributed by atoms with van der Waals surface area (Å²) in [5, 5.41) is 2.96.